The molecule has 0 radical (unpaired) electrons. The predicted octanol–water partition coefficient (Wildman–Crippen LogP) is 6.87. The fourth-order valence-electron chi connectivity index (χ4n) is 2.34. The number of ether oxygens (including phenoxy) is 1. The molecular formula is C18H6Cl2F5NOS. The Morgan fingerprint density at radius 1 is 0.929 bits per heavy atom. The minimum absolute atomic E-state index is 0.0206. The zero-order chi connectivity index (χ0) is 20.6. The monoisotopic (exact) mass is 449 g/mol. The number of nitriles is 1. The first-order chi connectivity index (χ1) is 13.3. The van der Waals surface area contributed by atoms with Crippen LogP contribution in [0, 0.1) is 40.4 Å². The van der Waals surface area contributed by atoms with Crippen LogP contribution in [0.1, 0.15) is 11.1 Å². The van der Waals surface area contributed by atoms with Gasteiger partial charge >= 0.3 is 0 Å². The summed E-state index contributed by atoms with van der Waals surface area (Å²) in [6.07, 6.45) is 0. The van der Waals surface area contributed by atoms with Crippen molar-refractivity contribution < 1.29 is 26.7 Å². The van der Waals surface area contributed by atoms with Gasteiger partial charge in [-0.05, 0) is 17.7 Å². The third-order valence-electron chi connectivity index (χ3n) is 3.75. The van der Waals surface area contributed by atoms with E-state index in [1.807, 2.05) is 6.07 Å². The van der Waals surface area contributed by atoms with Crippen LogP contribution in [0.15, 0.2) is 23.6 Å². The molecule has 0 unspecified atom stereocenters. The molecule has 0 N–H and O–H groups in total. The zero-order valence-corrected chi connectivity index (χ0v) is 15.8. The van der Waals surface area contributed by atoms with E-state index in [0.29, 0.717) is 16.1 Å². The minimum Gasteiger partial charge on any atom is -0.478 e. The predicted molar refractivity (Wildman–Crippen MR) is 95.1 cm³/mol. The molecule has 10 heteroatoms. The van der Waals surface area contributed by atoms with E-state index in [9.17, 15) is 27.2 Å². The Bertz CT molecular complexity index is 1100. The van der Waals surface area contributed by atoms with Crippen LogP contribution in [-0.4, -0.2) is 0 Å². The lowest BCUT2D eigenvalue weighted by atomic mass is 10.1. The van der Waals surface area contributed by atoms with Crippen molar-refractivity contribution in [3.05, 3.63) is 73.8 Å². The summed E-state index contributed by atoms with van der Waals surface area (Å²) in [5, 5.41) is 11.4. The summed E-state index contributed by atoms with van der Waals surface area (Å²) < 4.78 is 72.3. The van der Waals surface area contributed by atoms with Crippen LogP contribution in [0.4, 0.5) is 22.0 Å². The van der Waals surface area contributed by atoms with E-state index >= 15 is 0 Å². The topological polar surface area (TPSA) is 33.0 Å². The van der Waals surface area contributed by atoms with Gasteiger partial charge in [-0.1, -0.05) is 29.3 Å². The van der Waals surface area contributed by atoms with E-state index in [1.54, 1.807) is 6.07 Å². The number of rotatable bonds is 4. The largest absolute Gasteiger partial charge is 0.478 e. The minimum atomic E-state index is -2.26. The van der Waals surface area contributed by atoms with Crippen LogP contribution in [0.3, 0.4) is 0 Å². The molecule has 0 spiro atoms. The number of benzene rings is 2. The van der Waals surface area contributed by atoms with E-state index < -0.39 is 41.3 Å². The number of halogens is 7. The molecule has 1 heterocycles. The molecule has 3 aromatic rings. The molecule has 2 nitrogen and oxygen atoms in total. The second-order valence-electron chi connectivity index (χ2n) is 5.39. The Hall–Kier alpha value is -2.34. The first kappa shape index (κ1) is 20.4. The molecule has 0 aliphatic rings. The van der Waals surface area contributed by atoms with E-state index in [-0.39, 0.29) is 15.6 Å². The fourth-order valence-corrected chi connectivity index (χ4v) is 3.52. The molecule has 0 saturated heterocycles. The second-order valence-corrected chi connectivity index (χ2v) is 7.05. The van der Waals surface area contributed by atoms with Gasteiger partial charge in [-0.3, -0.25) is 0 Å². The standard InChI is InChI=1S/C18H6Cl2F5NOS/c19-11-2-1-7(3-12(11)20)10-6-28-18(8(10)4-26)27-5-9-13(21)15(23)17(25)16(24)14(9)22/h1-3,6H,5H2. The van der Waals surface area contributed by atoms with Crippen LogP contribution >= 0.6 is 34.5 Å². The lowest BCUT2D eigenvalue weighted by Crippen LogP contribution is -2.09. The van der Waals surface area contributed by atoms with Crippen molar-refractivity contribution >= 4 is 34.5 Å². The van der Waals surface area contributed by atoms with Crippen molar-refractivity contribution in [2.75, 3.05) is 0 Å². The summed E-state index contributed by atoms with van der Waals surface area (Å²) in [7, 11) is 0. The van der Waals surface area contributed by atoms with Crippen molar-refractivity contribution in [2.45, 2.75) is 6.61 Å². The van der Waals surface area contributed by atoms with E-state index in [0.717, 1.165) is 11.3 Å². The number of hydrogen-bond donors (Lipinski definition) is 0. The van der Waals surface area contributed by atoms with Gasteiger partial charge in [0, 0.05) is 10.9 Å². The van der Waals surface area contributed by atoms with Crippen LogP contribution in [0.2, 0.25) is 10.0 Å². The van der Waals surface area contributed by atoms with Crippen LogP contribution in [0.25, 0.3) is 11.1 Å². The molecule has 144 valence electrons. The molecule has 3 rings (SSSR count). The number of nitrogens with zero attached hydrogens (tertiary/aromatic N) is 1. The Morgan fingerprint density at radius 2 is 1.54 bits per heavy atom. The summed E-state index contributed by atoms with van der Waals surface area (Å²) in [4.78, 5) is 0. The molecule has 28 heavy (non-hydrogen) atoms. The Morgan fingerprint density at radius 3 is 2.11 bits per heavy atom. The zero-order valence-electron chi connectivity index (χ0n) is 13.4. The highest BCUT2D eigenvalue weighted by Crippen LogP contribution is 2.39. The van der Waals surface area contributed by atoms with Crippen LogP contribution in [0.5, 0.6) is 5.06 Å². The smallest absolute Gasteiger partial charge is 0.200 e. The van der Waals surface area contributed by atoms with E-state index in [1.165, 1.54) is 17.5 Å². The lowest BCUT2D eigenvalue weighted by Gasteiger charge is -2.09. The lowest BCUT2D eigenvalue weighted by molar-refractivity contribution is 0.285. The molecule has 2 aromatic carbocycles. The quantitative estimate of drug-likeness (QED) is 0.247. The van der Waals surface area contributed by atoms with Crippen molar-refractivity contribution in [3.63, 3.8) is 0 Å². The maximum Gasteiger partial charge on any atom is 0.200 e. The number of thiophene rings is 1. The maximum absolute atomic E-state index is 13.8. The molecule has 0 aliphatic heterocycles. The number of hydrogen-bond acceptors (Lipinski definition) is 3. The van der Waals surface area contributed by atoms with Crippen LogP contribution < -0.4 is 4.74 Å². The molecule has 0 aliphatic carbocycles. The SMILES string of the molecule is N#Cc1c(-c2ccc(Cl)c(Cl)c2)csc1OCc1c(F)c(F)c(F)c(F)c1F. The average molecular weight is 450 g/mol. The molecule has 0 atom stereocenters. The summed E-state index contributed by atoms with van der Waals surface area (Å²) in [5.74, 6) is -10.4. The summed E-state index contributed by atoms with van der Waals surface area (Å²) in [6, 6.07) is 6.53. The second kappa shape index (κ2) is 7.95. The summed E-state index contributed by atoms with van der Waals surface area (Å²) >= 11 is 12.7. The van der Waals surface area contributed by atoms with Crippen LogP contribution in [-0.2, 0) is 6.61 Å². The normalized spacial score (nSPS) is 10.8. The van der Waals surface area contributed by atoms with Crippen molar-refractivity contribution in [3.8, 4) is 22.3 Å². The Balaban J connectivity index is 1.95. The van der Waals surface area contributed by atoms with Gasteiger partial charge < -0.3 is 4.74 Å². The van der Waals surface area contributed by atoms with Gasteiger partial charge in [0.15, 0.2) is 28.3 Å². The first-order valence-corrected chi connectivity index (χ1v) is 8.99. The van der Waals surface area contributed by atoms with Gasteiger partial charge in [-0.2, -0.15) is 5.26 Å². The Kier molecular flexibility index (Phi) is 5.79. The third kappa shape index (κ3) is 3.53. The Labute approximate surface area is 169 Å². The molecule has 0 saturated carbocycles. The van der Waals surface area contributed by atoms with Gasteiger partial charge in [0.05, 0.1) is 15.6 Å². The van der Waals surface area contributed by atoms with Crippen molar-refractivity contribution in [1.29, 1.82) is 5.26 Å². The molecule has 1 aromatic heterocycles. The average Bonchev–Trinajstić information content (AvgIpc) is 3.09. The van der Waals surface area contributed by atoms with E-state index in [2.05, 4.69) is 0 Å². The highest BCUT2D eigenvalue weighted by molar-refractivity contribution is 7.12. The highest BCUT2D eigenvalue weighted by atomic mass is 35.5. The van der Waals surface area contributed by atoms with Gasteiger partial charge in [0.2, 0.25) is 5.82 Å². The highest BCUT2D eigenvalue weighted by Gasteiger charge is 2.26. The van der Waals surface area contributed by atoms with Gasteiger partial charge in [0.25, 0.3) is 0 Å². The fraction of sp³-hybridized carbons (Fsp3) is 0.0556. The maximum atomic E-state index is 13.8. The third-order valence-corrected chi connectivity index (χ3v) is 5.38. The van der Waals surface area contributed by atoms with Gasteiger partial charge in [0.1, 0.15) is 18.2 Å². The summed E-state index contributed by atoms with van der Waals surface area (Å²) in [6.45, 7) is -0.957. The van der Waals surface area contributed by atoms with Gasteiger partial charge in [-0.25, -0.2) is 22.0 Å². The first-order valence-electron chi connectivity index (χ1n) is 7.36. The van der Waals surface area contributed by atoms with Gasteiger partial charge in [-0.15, -0.1) is 11.3 Å². The van der Waals surface area contributed by atoms with Crippen molar-refractivity contribution in [1.82, 2.24) is 0 Å². The van der Waals surface area contributed by atoms with Crippen molar-refractivity contribution in [2.24, 2.45) is 0 Å². The molecule has 0 bridgehead atoms. The molecular weight excluding hydrogens is 444 g/mol. The molecule has 0 amide bonds. The van der Waals surface area contributed by atoms with E-state index in [4.69, 9.17) is 27.9 Å². The molecule has 0 fully saturated rings. The summed E-state index contributed by atoms with van der Waals surface area (Å²) in [5.41, 5.74) is -0.163.